The number of carbonyl (C=O) groups is 1. The molecule has 2 aliphatic rings. The molecule has 2 fully saturated rings. The Morgan fingerprint density at radius 3 is 2.90 bits per heavy atom. The molecule has 1 atom stereocenters. The summed E-state index contributed by atoms with van der Waals surface area (Å²) in [5.74, 6) is 0.276. The molecule has 0 spiro atoms. The maximum absolute atomic E-state index is 13.3. The van der Waals surface area contributed by atoms with Crippen LogP contribution in [0.5, 0.6) is 0 Å². The first-order valence-corrected chi connectivity index (χ1v) is 11.2. The van der Waals surface area contributed by atoms with Crippen LogP contribution in [0.1, 0.15) is 37.8 Å². The van der Waals surface area contributed by atoms with Crippen molar-refractivity contribution >= 4 is 51.7 Å². The fraction of sp³-hybridized carbons (Fsp3) is 0.429. The summed E-state index contributed by atoms with van der Waals surface area (Å²) in [6, 6.07) is 3.69. The van der Waals surface area contributed by atoms with E-state index in [4.69, 9.17) is 21.9 Å². The molecule has 0 bridgehead atoms. The summed E-state index contributed by atoms with van der Waals surface area (Å²) >= 11 is 6.58. The number of thiocarbonyl (C=S) groups is 1. The summed E-state index contributed by atoms with van der Waals surface area (Å²) in [6.45, 7) is 7.06. The molecule has 0 radical (unpaired) electrons. The highest BCUT2D eigenvalue weighted by Crippen LogP contribution is 2.34. The van der Waals surface area contributed by atoms with E-state index in [0.717, 1.165) is 25.0 Å². The lowest BCUT2D eigenvalue weighted by Crippen LogP contribution is -2.34. The zero-order valence-corrected chi connectivity index (χ0v) is 18.8. The molecule has 7 nitrogen and oxygen atoms in total. The maximum Gasteiger partial charge on any atom is 0.267 e. The van der Waals surface area contributed by atoms with Crippen molar-refractivity contribution in [3.05, 3.63) is 44.7 Å². The standard InChI is InChI=1S/C21H24N4O3S2/c1-12(2)25-20(27)16(30-21(25)29)10-15-17(22-11-14-7-5-9-28-14)23-18-13(3)6-4-8-24(18)19(15)26/h4,6,8,10,12,14,22H,5,7,9,11H2,1-3H3/b16-10+/t14-/m1/s1. The summed E-state index contributed by atoms with van der Waals surface area (Å²) in [4.78, 5) is 32.9. The number of hydrogen-bond acceptors (Lipinski definition) is 7. The third-order valence-corrected chi connectivity index (χ3v) is 6.55. The first-order valence-electron chi connectivity index (χ1n) is 10.0. The SMILES string of the molecule is Cc1cccn2c(=O)c(/C=C3/SC(=S)N(C(C)C)C3=O)c(NC[C@H]3CCCO3)nc12. The number of pyridine rings is 1. The highest BCUT2D eigenvalue weighted by Gasteiger charge is 2.34. The van der Waals surface area contributed by atoms with Gasteiger partial charge in [-0.3, -0.25) is 18.9 Å². The van der Waals surface area contributed by atoms with Crippen molar-refractivity contribution in [3.8, 4) is 0 Å². The molecule has 0 unspecified atom stereocenters. The van der Waals surface area contributed by atoms with Gasteiger partial charge in [0.1, 0.15) is 15.8 Å². The van der Waals surface area contributed by atoms with Gasteiger partial charge in [0.25, 0.3) is 11.5 Å². The van der Waals surface area contributed by atoms with E-state index in [1.54, 1.807) is 17.2 Å². The summed E-state index contributed by atoms with van der Waals surface area (Å²) < 4.78 is 7.71. The van der Waals surface area contributed by atoms with Crippen LogP contribution in [-0.2, 0) is 9.53 Å². The highest BCUT2D eigenvalue weighted by atomic mass is 32.2. The minimum atomic E-state index is -0.228. The smallest absolute Gasteiger partial charge is 0.267 e. The Hall–Kier alpha value is -2.23. The van der Waals surface area contributed by atoms with E-state index in [1.807, 2.05) is 32.9 Å². The molecule has 30 heavy (non-hydrogen) atoms. The van der Waals surface area contributed by atoms with E-state index < -0.39 is 0 Å². The number of anilines is 1. The van der Waals surface area contributed by atoms with Crippen molar-refractivity contribution in [2.24, 2.45) is 0 Å². The van der Waals surface area contributed by atoms with Crippen LogP contribution in [0.15, 0.2) is 28.0 Å². The Morgan fingerprint density at radius 2 is 2.23 bits per heavy atom. The molecule has 0 saturated carbocycles. The number of amides is 1. The van der Waals surface area contributed by atoms with Crippen LogP contribution < -0.4 is 10.9 Å². The molecule has 1 N–H and O–H groups in total. The molecule has 4 rings (SSSR count). The second kappa shape index (κ2) is 8.49. The first-order chi connectivity index (χ1) is 14.4. The number of ether oxygens (including phenoxy) is 1. The van der Waals surface area contributed by atoms with Gasteiger partial charge in [-0.2, -0.15) is 0 Å². The number of thioether (sulfide) groups is 1. The van der Waals surface area contributed by atoms with Crippen molar-refractivity contribution < 1.29 is 9.53 Å². The lowest BCUT2D eigenvalue weighted by atomic mass is 10.2. The van der Waals surface area contributed by atoms with Crippen LogP contribution in [0.3, 0.4) is 0 Å². The molecule has 1 amide bonds. The van der Waals surface area contributed by atoms with Gasteiger partial charge in [-0.25, -0.2) is 4.98 Å². The average molecular weight is 445 g/mol. The first kappa shape index (κ1) is 21.0. The maximum atomic E-state index is 13.3. The number of nitrogens with zero attached hydrogens (tertiary/aromatic N) is 3. The number of aryl methyl sites for hydroxylation is 1. The largest absolute Gasteiger partial charge is 0.376 e. The van der Waals surface area contributed by atoms with E-state index in [0.29, 0.717) is 32.8 Å². The number of fused-ring (bicyclic) bond motifs is 1. The van der Waals surface area contributed by atoms with Crippen molar-refractivity contribution in [2.75, 3.05) is 18.5 Å². The fourth-order valence-corrected chi connectivity index (χ4v) is 5.15. The summed E-state index contributed by atoms with van der Waals surface area (Å²) in [7, 11) is 0. The number of carbonyl (C=O) groups excluding carboxylic acids is 1. The predicted molar refractivity (Wildman–Crippen MR) is 124 cm³/mol. The highest BCUT2D eigenvalue weighted by molar-refractivity contribution is 8.26. The minimum absolute atomic E-state index is 0.0426. The van der Waals surface area contributed by atoms with Gasteiger partial charge in [0.2, 0.25) is 0 Å². The number of hydrogen-bond donors (Lipinski definition) is 1. The van der Waals surface area contributed by atoms with Gasteiger partial charge >= 0.3 is 0 Å². The second-order valence-corrected chi connectivity index (χ2v) is 9.40. The van der Waals surface area contributed by atoms with E-state index >= 15 is 0 Å². The van der Waals surface area contributed by atoms with Crippen molar-refractivity contribution in [1.82, 2.24) is 14.3 Å². The molecule has 0 aromatic carbocycles. The Morgan fingerprint density at radius 1 is 1.43 bits per heavy atom. The summed E-state index contributed by atoms with van der Waals surface area (Å²) in [5.41, 5.74) is 1.60. The fourth-order valence-electron chi connectivity index (χ4n) is 3.65. The lowest BCUT2D eigenvalue weighted by molar-refractivity contribution is -0.123. The monoisotopic (exact) mass is 444 g/mol. The van der Waals surface area contributed by atoms with Gasteiger partial charge in [0.05, 0.1) is 16.6 Å². The molecule has 2 aliphatic heterocycles. The molecule has 2 aromatic heterocycles. The third-order valence-electron chi connectivity index (χ3n) is 5.22. The minimum Gasteiger partial charge on any atom is -0.376 e. The van der Waals surface area contributed by atoms with Crippen LogP contribution in [0.4, 0.5) is 5.82 Å². The van der Waals surface area contributed by atoms with Crippen molar-refractivity contribution in [1.29, 1.82) is 0 Å². The summed E-state index contributed by atoms with van der Waals surface area (Å²) in [6.07, 6.45) is 5.40. The van der Waals surface area contributed by atoms with Crippen LogP contribution >= 0.6 is 24.0 Å². The Bertz CT molecular complexity index is 1100. The van der Waals surface area contributed by atoms with Crippen LogP contribution in [0.2, 0.25) is 0 Å². The average Bonchev–Trinajstić information content (AvgIpc) is 3.31. The molecule has 2 aromatic rings. The zero-order valence-electron chi connectivity index (χ0n) is 17.2. The van der Waals surface area contributed by atoms with Gasteiger partial charge in [-0.05, 0) is 51.3 Å². The molecular weight excluding hydrogens is 420 g/mol. The number of rotatable bonds is 5. The van der Waals surface area contributed by atoms with Gasteiger partial charge in [-0.1, -0.05) is 30.0 Å². The second-order valence-electron chi connectivity index (χ2n) is 7.73. The molecule has 4 heterocycles. The topological polar surface area (TPSA) is 75.9 Å². The molecule has 2 saturated heterocycles. The van der Waals surface area contributed by atoms with E-state index in [2.05, 4.69) is 5.32 Å². The van der Waals surface area contributed by atoms with Gasteiger partial charge in [0, 0.05) is 25.4 Å². The Labute approximate surface area is 184 Å². The van der Waals surface area contributed by atoms with Crippen molar-refractivity contribution in [2.45, 2.75) is 45.8 Å². The third kappa shape index (κ3) is 3.89. The Balaban J connectivity index is 1.80. The normalized spacial score (nSPS) is 20.9. The molecule has 158 valence electrons. The molecule has 9 heteroatoms. The Kier molecular flexibility index (Phi) is 5.95. The van der Waals surface area contributed by atoms with Gasteiger partial charge in [-0.15, -0.1) is 0 Å². The van der Waals surface area contributed by atoms with Crippen LogP contribution in [0, 0.1) is 6.92 Å². The van der Waals surface area contributed by atoms with Crippen molar-refractivity contribution in [3.63, 3.8) is 0 Å². The van der Waals surface area contributed by atoms with Crippen LogP contribution in [-0.4, -0.2) is 49.8 Å². The van der Waals surface area contributed by atoms with E-state index in [9.17, 15) is 9.59 Å². The molecular formula is C21H24N4O3S2. The van der Waals surface area contributed by atoms with Gasteiger partial charge < -0.3 is 10.1 Å². The van der Waals surface area contributed by atoms with E-state index in [-0.39, 0.29) is 23.6 Å². The number of aromatic nitrogens is 2. The van der Waals surface area contributed by atoms with E-state index in [1.165, 1.54) is 16.2 Å². The quantitative estimate of drug-likeness (QED) is 0.561. The van der Waals surface area contributed by atoms with Gasteiger partial charge in [0.15, 0.2) is 0 Å². The summed E-state index contributed by atoms with van der Waals surface area (Å²) in [5, 5.41) is 3.29. The lowest BCUT2D eigenvalue weighted by Gasteiger charge is -2.18. The zero-order chi connectivity index (χ0) is 21.4. The number of nitrogens with one attached hydrogen (secondary N) is 1. The predicted octanol–water partition coefficient (Wildman–Crippen LogP) is 3.20. The molecule has 0 aliphatic carbocycles. The van der Waals surface area contributed by atoms with Crippen LogP contribution in [0.25, 0.3) is 11.7 Å².